The molecule has 0 aliphatic carbocycles. The summed E-state index contributed by atoms with van der Waals surface area (Å²) in [5, 5.41) is 0. The molecule has 0 aromatic heterocycles. The van der Waals surface area contributed by atoms with E-state index >= 15 is 0 Å². The van der Waals surface area contributed by atoms with Crippen LogP contribution in [0.5, 0.6) is 0 Å². The van der Waals surface area contributed by atoms with Crippen LogP contribution >= 0.6 is 11.8 Å². The molecule has 3 heteroatoms. The summed E-state index contributed by atoms with van der Waals surface area (Å²) in [4.78, 5) is 12.1. The number of methoxy groups -OCH3 is 1. The number of carbonyl (C=O) groups excluding carboxylic acids is 1. The summed E-state index contributed by atoms with van der Waals surface area (Å²) in [5.74, 6) is 6.04. The van der Waals surface area contributed by atoms with Crippen molar-refractivity contribution in [2.45, 2.75) is 10.8 Å². The molecule has 2 rings (SSSR count). The molecule has 0 radical (unpaired) electrons. The largest absolute Gasteiger partial charge is 0.459 e. The van der Waals surface area contributed by atoms with E-state index < -0.39 is 5.97 Å². The molecule has 1 aliphatic rings. The van der Waals surface area contributed by atoms with Gasteiger partial charge in [-0.25, -0.2) is 4.79 Å². The van der Waals surface area contributed by atoms with E-state index in [9.17, 15) is 4.79 Å². The standard InChI is InChI=1S/C12H10O2S/c1-14-12(13)7-6-9-8-15-11-5-3-2-4-10(9)11/h2-5,9H,8H2,1H3. The van der Waals surface area contributed by atoms with Crippen LogP contribution in [0.25, 0.3) is 0 Å². The minimum Gasteiger partial charge on any atom is -0.459 e. The van der Waals surface area contributed by atoms with Crippen LogP contribution < -0.4 is 0 Å². The Labute approximate surface area is 93.0 Å². The summed E-state index contributed by atoms with van der Waals surface area (Å²) in [7, 11) is 1.34. The smallest absolute Gasteiger partial charge is 0.384 e. The number of fused-ring (bicyclic) bond motifs is 1. The highest BCUT2D eigenvalue weighted by Crippen LogP contribution is 2.38. The molecule has 0 spiro atoms. The molecule has 0 saturated heterocycles. The van der Waals surface area contributed by atoms with Crippen LogP contribution in [-0.4, -0.2) is 18.8 Å². The molecule has 0 fully saturated rings. The fraction of sp³-hybridized carbons (Fsp3) is 0.250. The van der Waals surface area contributed by atoms with Crippen LogP contribution in [0.1, 0.15) is 11.5 Å². The van der Waals surface area contributed by atoms with E-state index in [1.54, 1.807) is 11.8 Å². The highest BCUT2D eigenvalue weighted by atomic mass is 32.2. The van der Waals surface area contributed by atoms with Crippen LogP contribution in [-0.2, 0) is 9.53 Å². The average molecular weight is 218 g/mol. The van der Waals surface area contributed by atoms with Gasteiger partial charge >= 0.3 is 5.97 Å². The summed E-state index contributed by atoms with van der Waals surface area (Å²) >= 11 is 1.78. The van der Waals surface area contributed by atoms with Crippen molar-refractivity contribution < 1.29 is 9.53 Å². The first kappa shape index (κ1) is 10.1. The maximum atomic E-state index is 10.9. The minimum atomic E-state index is -0.468. The quantitative estimate of drug-likeness (QED) is 0.379. The van der Waals surface area contributed by atoms with Crippen molar-refractivity contribution in [3.63, 3.8) is 0 Å². The Morgan fingerprint density at radius 2 is 2.33 bits per heavy atom. The lowest BCUT2D eigenvalue weighted by atomic mass is 10.0. The molecule has 0 amide bonds. The second-order valence-electron chi connectivity index (χ2n) is 3.16. The Hall–Kier alpha value is -1.40. The maximum Gasteiger partial charge on any atom is 0.384 e. The Morgan fingerprint density at radius 3 is 3.13 bits per heavy atom. The SMILES string of the molecule is COC(=O)C#CC1CSc2ccccc21. The fourth-order valence-corrected chi connectivity index (χ4v) is 2.64. The van der Waals surface area contributed by atoms with Gasteiger partial charge in [0.15, 0.2) is 0 Å². The van der Waals surface area contributed by atoms with Gasteiger partial charge in [-0.05, 0) is 11.6 Å². The number of carbonyl (C=O) groups is 1. The molecule has 0 saturated carbocycles. The summed E-state index contributed by atoms with van der Waals surface area (Å²) in [6.07, 6.45) is 0. The molecule has 0 N–H and O–H groups in total. The van der Waals surface area contributed by atoms with Gasteiger partial charge in [0.05, 0.1) is 13.0 Å². The summed E-state index contributed by atoms with van der Waals surface area (Å²) < 4.78 is 4.48. The first-order valence-corrected chi connectivity index (χ1v) is 5.61. The number of esters is 1. The van der Waals surface area contributed by atoms with Crippen LogP contribution in [0.3, 0.4) is 0 Å². The third-order valence-electron chi connectivity index (χ3n) is 2.23. The molecule has 76 valence electrons. The van der Waals surface area contributed by atoms with Gasteiger partial charge < -0.3 is 4.74 Å². The Kier molecular flexibility index (Phi) is 2.98. The molecule has 1 aromatic rings. The third kappa shape index (κ3) is 2.16. The second kappa shape index (κ2) is 4.41. The van der Waals surface area contributed by atoms with E-state index in [0.29, 0.717) is 0 Å². The maximum absolute atomic E-state index is 10.9. The van der Waals surface area contributed by atoms with Gasteiger partial charge in [-0.3, -0.25) is 0 Å². The number of thioether (sulfide) groups is 1. The van der Waals surface area contributed by atoms with E-state index in [2.05, 4.69) is 28.7 Å². The monoisotopic (exact) mass is 218 g/mol. The molecule has 1 aromatic carbocycles. The highest BCUT2D eigenvalue weighted by molar-refractivity contribution is 7.99. The predicted octanol–water partition coefficient (Wildman–Crippen LogP) is 2.05. The summed E-state index contributed by atoms with van der Waals surface area (Å²) in [6.45, 7) is 0. The number of hydrogen-bond acceptors (Lipinski definition) is 3. The van der Waals surface area contributed by atoms with E-state index in [-0.39, 0.29) is 5.92 Å². The van der Waals surface area contributed by atoms with Gasteiger partial charge in [0.1, 0.15) is 0 Å². The van der Waals surface area contributed by atoms with Crippen molar-refractivity contribution in [3.8, 4) is 11.8 Å². The van der Waals surface area contributed by atoms with Crippen molar-refractivity contribution in [3.05, 3.63) is 29.8 Å². The molecular weight excluding hydrogens is 208 g/mol. The van der Waals surface area contributed by atoms with Crippen molar-refractivity contribution >= 4 is 17.7 Å². The summed E-state index contributed by atoms with van der Waals surface area (Å²) in [5.41, 5.74) is 1.22. The van der Waals surface area contributed by atoms with Crippen molar-refractivity contribution in [1.82, 2.24) is 0 Å². The second-order valence-corrected chi connectivity index (χ2v) is 4.22. The molecule has 2 nitrogen and oxygen atoms in total. The van der Waals surface area contributed by atoms with E-state index in [1.165, 1.54) is 17.6 Å². The van der Waals surface area contributed by atoms with Gasteiger partial charge in [0, 0.05) is 16.6 Å². The number of ether oxygens (including phenoxy) is 1. The van der Waals surface area contributed by atoms with Gasteiger partial charge in [0.2, 0.25) is 0 Å². The topological polar surface area (TPSA) is 26.3 Å². The normalized spacial score (nSPS) is 17.5. The molecule has 1 unspecified atom stereocenters. The molecule has 1 heterocycles. The Balaban J connectivity index is 2.20. The van der Waals surface area contributed by atoms with Crippen molar-refractivity contribution in [2.24, 2.45) is 0 Å². The van der Waals surface area contributed by atoms with Gasteiger partial charge in [0.25, 0.3) is 0 Å². The van der Waals surface area contributed by atoms with Crippen molar-refractivity contribution in [2.75, 3.05) is 12.9 Å². The lowest BCUT2D eigenvalue weighted by Crippen LogP contribution is -1.98. The highest BCUT2D eigenvalue weighted by Gasteiger charge is 2.20. The van der Waals surface area contributed by atoms with Gasteiger partial charge in [-0.1, -0.05) is 24.1 Å². The lowest BCUT2D eigenvalue weighted by molar-refractivity contribution is -0.133. The average Bonchev–Trinajstić information content (AvgIpc) is 2.69. The van der Waals surface area contributed by atoms with E-state index in [1.807, 2.05) is 12.1 Å². The Bertz CT molecular complexity index is 442. The molecule has 15 heavy (non-hydrogen) atoms. The van der Waals surface area contributed by atoms with Crippen molar-refractivity contribution in [1.29, 1.82) is 0 Å². The molecule has 1 aliphatic heterocycles. The first-order valence-electron chi connectivity index (χ1n) is 4.62. The zero-order chi connectivity index (χ0) is 10.7. The fourth-order valence-electron chi connectivity index (χ4n) is 1.48. The first-order chi connectivity index (χ1) is 7.31. The van der Waals surface area contributed by atoms with E-state index in [4.69, 9.17) is 0 Å². The van der Waals surface area contributed by atoms with Gasteiger partial charge in [-0.2, -0.15) is 0 Å². The summed E-state index contributed by atoms with van der Waals surface area (Å²) in [6, 6.07) is 8.16. The van der Waals surface area contributed by atoms with Crippen LogP contribution in [0.4, 0.5) is 0 Å². The molecular formula is C12H10O2S. The van der Waals surface area contributed by atoms with Crippen LogP contribution in [0.2, 0.25) is 0 Å². The molecule has 0 bridgehead atoms. The Morgan fingerprint density at radius 1 is 1.53 bits per heavy atom. The zero-order valence-corrected chi connectivity index (χ0v) is 9.14. The third-order valence-corrected chi connectivity index (χ3v) is 3.42. The van der Waals surface area contributed by atoms with Crippen LogP contribution in [0.15, 0.2) is 29.2 Å². The van der Waals surface area contributed by atoms with Gasteiger partial charge in [-0.15, -0.1) is 11.8 Å². The number of rotatable bonds is 0. The number of hydrogen-bond donors (Lipinski definition) is 0. The zero-order valence-electron chi connectivity index (χ0n) is 8.32. The number of benzene rings is 1. The predicted molar refractivity (Wildman–Crippen MR) is 59.7 cm³/mol. The van der Waals surface area contributed by atoms with Crippen LogP contribution in [0, 0.1) is 11.8 Å². The lowest BCUT2D eigenvalue weighted by Gasteiger charge is -2.00. The minimum absolute atomic E-state index is 0.158. The van der Waals surface area contributed by atoms with E-state index in [0.717, 1.165) is 5.75 Å². The molecule has 1 atom stereocenters.